The molecule has 3 atom stereocenters. The van der Waals surface area contributed by atoms with E-state index in [1.807, 2.05) is 0 Å². The summed E-state index contributed by atoms with van der Waals surface area (Å²) < 4.78 is 4.95. The summed E-state index contributed by atoms with van der Waals surface area (Å²) in [4.78, 5) is 10.8. The molecule has 0 aromatic rings. The standard InChI is InChI=1S/C11H18O3.H2/c1-3-11(13)14-7-9-5-4-8(2)10(12)6-9;/h3,8-10,12H,1,4-7H2,2H3;1H. The van der Waals surface area contributed by atoms with Gasteiger partial charge in [-0.2, -0.15) is 0 Å². The SMILES string of the molecule is C=CC(=O)OCC1CCC(C)C(O)C1.[HH]. The van der Waals surface area contributed by atoms with Crippen LogP contribution in [-0.4, -0.2) is 23.8 Å². The first kappa shape index (κ1) is 11.2. The second-order valence-electron chi connectivity index (χ2n) is 4.06. The number of hydrogen-bond donors (Lipinski definition) is 1. The molecule has 0 radical (unpaired) electrons. The molecule has 3 heteroatoms. The molecule has 1 fully saturated rings. The van der Waals surface area contributed by atoms with E-state index in [1.54, 1.807) is 0 Å². The average molecular weight is 200 g/mol. The lowest BCUT2D eigenvalue weighted by Crippen LogP contribution is -2.30. The van der Waals surface area contributed by atoms with Crippen molar-refractivity contribution in [2.45, 2.75) is 32.3 Å². The van der Waals surface area contributed by atoms with E-state index in [-0.39, 0.29) is 13.5 Å². The van der Waals surface area contributed by atoms with Crippen molar-refractivity contribution in [3.63, 3.8) is 0 Å². The molecule has 0 spiro atoms. The van der Waals surface area contributed by atoms with Crippen molar-refractivity contribution in [2.75, 3.05) is 6.61 Å². The van der Waals surface area contributed by atoms with Gasteiger partial charge in [-0.15, -0.1) is 0 Å². The molecule has 3 nitrogen and oxygen atoms in total. The molecule has 0 amide bonds. The molecule has 0 aliphatic heterocycles. The molecule has 1 aliphatic carbocycles. The Kier molecular flexibility index (Phi) is 4.14. The fourth-order valence-electron chi connectivity index (χ4n) is 1.79. The van der Waals surface area contributed by atoms with E-state index < -0.39 is 0 Å². The molecule has 1 rings (SSSR count). The highest BCUT2D eigenvalue weighted by Crippen LogP contribution is 2.28. The summed E-state index contributed by atoms with van der Waals surface area (Å²) in [5, 5.41) is 9.61. The number of hydrogen-bond acceptors (Lipinski definition) is 3. The third kappa shape index (κ3) is 3.14. The zero-order valence-corrected chi connectivity index (χ0v) is 8.61. The van der Waals surface area contributed by atoms with Gasteiger partial charge < -0.3 is 9.84 Å². The van der Waals surface area contributed by atoms with Crippen LogP contribution < -0.4 is 0 Å². The van der Waals surface area contributed by atoms with E-state index in [9.17, 15) is 9.90 Å². The first-order valence-corrected chi connectivity index (χ1v) is 5.10. The molecule has 82 valence electrons. The Morgan fingerprint density at radius 1 is 1.71 bits per heavy atom. The Balaban J connectivity index is 0.00000196. The second kappa shape index (κ2) is 5.15. The highest BCUT2D eigenvalue weighted by molar-refractivity contribution is 5.81. The minimum absolute atomic E-state index is 0. The van der Waals surface area contributed by atoms with Gasteiger partial charge in [0, 0.05) is 7.50 Å². The third-order valence-corrected chi connectivity index (χ3v) is 2.89. The summed E-state index contributed by atoms with van der Waals surface area (Å²) >= 11 is 0. The van der Waals surface area contributed by atoms with Crippen LogP contribution in [0.4, 0.5) is 0 Å². The Hall–Kier alpha value is -0.830. The zero-order chi connectivity index (χ0) is 10.6. The van der Waals surface area contributed by atoms with Gasteiger partial charge >= 0.3 is 5.97 Å². The molecule has 0 aromatic heterocycles. The van der Waals surface area contributed by atoms with Crippen LogP contribution in [0, 0.1) is 11.8 Å². The van der Waals surface area contributed by atoms with Crippen LogP contribution >= 0.6 is 0 Å². The molecule has 0 saturated heterocycles. The number of aliphatic hydroxyl groups excluding tert-OH is 1. The Morgan fingerprint density at radius 3 is 3.00 bits per heavy atom. The summed E-state index contributed by atoms with van der Waals surface area (Å²) in [6.07, 6.45) is 3.71. The largest absolute Gasteiger partial charge is 0.462 e. The summed E-state index contributed by atoms with van der Waals surface area (Å²) in [6, 6.07) is 0. The Labute approximate surface area is 86.2 Å². The maximum absolute atomic E-state index is 10.8. The average Bonchev–Trinajstić information content (AvgIpc) is 2.19. The van der Waals surface area contributed by atoms with Crippen molar-refractivity contribution in [3.8, 4) is 0 Å². The molecule has 1 N–H and O–H groups in total. The zero-order valence-electron chi connectivity index (χ0n) is 8.61. The molecule has 14 heavy (non-hydrogen) atoms. The van der Waals surface area contributed by atoms with Gasteiger partial charge in [0.25, 0.3) is 0 Å². The van der Waals surface area contributed by atoms with Gasteiger partial charge in [0.1, 0.15) is 0 Å². The molecular weight excluding hydrogens is 180 g/mol. The smallest absolute Gasteiger partial charge is 0.330 e. The maximum Gasteiger partial charge on any atom is 0.330 e. The molecule has 0 bridgehead atoms. The fraction of sp³-hybridized carbons (Fsp3) is 0.727. The quantitative estimate of drug-likeness (QED) is 0.557. The van der Waals surface area contributed by atoms with E-state index in [4.69, 9.17) is 4.74 Å². The number of ether oxygens (including phenoxy) is 1. The van der Waals surface area contributed by atoms with Crippen LogP contribution in [0.15, 0.2) is 12.7 Å². The molecular formula is C11H20O3. The van der Waals surface area contributed by atoms with Crippen LogP contribution in [0.3, 0.4) is 0 Å². The molecule has 1 aliphatic rings. The van der Waals surface area contributed by atoms with E-state index in [0.29, 0.717) is 18.4 Å². The summed E-state index contributed by atoms with van der Waals surface area (Å²) in [6.45, 7) is 5.79. The molecule has 0 aromatic carbocycles. The lowest BCUT2D eigenvalue weighted by molar-refractivity contribution is -0.140. The number of carbonyl (C=O) groups is 1. The summed E-state index contributed by atoms with van der Waals surface area (Å²) in [7, 11) is 0. The van der Waals surface area contributed by atoms with Gasteiger partial charge in [0.2, 0.25) is 0 Å². The van der Waals surface area contributed by atoms with E-state index in [2.05, 4.69) is 13.5 Å². The Morgan fingerprint density at radius 2 is 2.43 bits per heavy atom. The van der Waals surface area contributed by atoms with Gasteiger partial charge in [-0.1, -0.05) is 13.5 Å². The first-order valence-electron chi connectivity index (χ1n) is 5.10. The molecule has 0 heterocycles. The van der Waals surface area contributed by atoms with Crippen LogP contribution in [-0.2, 0) is 9.53 Å². The minimum Gasteiger partial charge on any atom is -0.462 e. The van der Waals surface area contributed by atoms with Gasteiger partial charge in [0.15, 0.2) is 0 Å². The lowest BCUT2D eigenvalue weighted by Gasteiger charge is -2.30. The van der Waals surface area contributed by atoms with Gasteiger partial charge in [-0.25, -0.2) is 4.79 Å². The summed E-state index contributed by atoms with van der Waals surface area (Å²) in [5.74, 6) is 0.310. The lowest BCUT2D eigenvalue weighted by atomic mass is 9.81. The van der Waals surface area contributed by atoms with Crippen LogP contribution in [0.5, 0.6) is 0 Å². The first-order chi connectivity index (χ1) is 6.63. The van der Waals surface area contributed by atoms with Crippen molar-refractivity contribution in [3.05, 3.63) is 12.7 Å². The van der Waals surface area contributed by atoms with E-state index in [0.717, 1.165) is 19.3 Å². The Bertz CT molecular complexity index is 218. The van der Waals surface area contributed by atoms with E-state index in [1.165, 1.54) is 6.08 Å². The van der Waals surface area contributed by atoms with Gasteiger partial charge in [-0.05, 0) is 31.1 Å². The van der Waals surface area contributed by atoms with Gasteiger partial charge in [0.05, 0.1) is 12.7 Å². The van der Waals surface area contributed by atoms with Crippen LogP contribution in [0.2, 0.25) is 0 Å². The van der Waals surface area contributed by atoms with Crippen molar-refractivity contribution in [1.82, 2.24) is 0 Å². The van der Waals surface area contributed by atoms with Gasteiger partial charge in [-0.3, -0.25) is 0 Å². The van der Waals surface area contributed by atoms with Crippen molar-refractivity contribution in [1.29, 1.82) is 0 Å². The normalized spacial score (nSPS) is 32.3. The minimum atomic E-state index is -0.377. The molecule has 3 unspecified atom stereocenters. The summed E-state index contributed by atoms with van der Waals surface area (Å²) in [5.41, 5.74) is 0. The van der Waals surface area contributed by atoms with Crippen molar-refractivity contribution >= 4 is 5.97 Å². The topological polar surface area (TPSA) is 46.5 Å². The monoisotopic (exact) mass is 200 g/mol. The van der Waals surface area contributed by atoms with Crippen LogP contribution in [0.1, 0.15) is 27.6 Å². The third-order valence-electron chi connectivity index (χ3n) is 2.89. The van der Waals surface area contributed by atoms with Crippen molar-refractivity contribution in [2.24, 2.45) is 11.8 Å². The predicted molar refractivity (Wildman–Crippen MR) is 55.8 cm³/mol. The number of carbonyl (C=O) groups excluding carboxylic acids is 1. The van der Waals surface area contributed by atoms with E-state index >= 15 is 0 Å². The fourth-order valence-corrected chi connectivity index (χ4v) is 1.79. The maximum atomic E-state index is 10.8. The van der Waals surface area contributed by atoms with Crippen LogP contribution in [0.25, 0.3) is 0 Å². The predicted octanol–water partition coefficient (Wildman–Crippen LogP) is 1.76. The second-order valence-corrected chi connectivity index (χ2v) is 4.06. The number of aliphatic hydroxyl groups is 1. The number of esters is 1. The molecule has 1 saturated carbocycles. The number of rotatable bonds is 3. The van der Waals surface area contributed by atoms with Crippen molar-refractivity contribution < 1.29 is 16.1 Å². The highest BCUT2D eigenvalue weighted by atomic mass is 16.5. The highest BCUT2D eigenvalue weighted by Gasteiger charge is 2.26.